The lowest BCUT2D eigenvalue weighted by Crippen LogP contribution is -2.26. The molecule has 252 valence electrons. The van der Waals surface area contributed by atoms with E-state index >= 15 is 0 Å². The van der Waals surface area contributed by atoms with Crippen LogP contribution in [0, 0.1) is 47.4 Å². The first-order valence-corrected chi connectivity index (χ1v) is 18.5. The minimum atomic E-state index is -1.13. The summed E-state index contributed by atoms with van der Waals surface area (Å²) < 4.78 is 5.18. The van der Waals surface area contributed by atoms with Gasteiger partial charge >= 0.3 is 11.9 Å². The van der Waals surface area contributed by atoms with Crippen LogP contribution in [0.5, 0.6) is 0 Å². The SMILES string of the molecule is CCCCCCCCCCCCC#CC#CCCCC(=O)OC(CCCC#CC#CCCCCCCCCCCCC)C(=O)O. The fourth-order valence-electron chi connectivity index (χ4n) is 4.98. The summed E-state index contributed by atoms with van der Waals surface area (Å²) in [5, 5.41) is 9.40. The van der Waals surface area contributed by atoms with E-state index < -0.39 is 18.0 Å². The molecule has 0 bridgehead atoms. The Morgan fingerprint density at radius 3 is 1.20 bits per heavy atom. The fourth-order valence-corrected chi connectivity index (χ4v) is 4.98. The highest BCUT2D eigenvalue weighted by Crippen LogP contribution is 2.12. The summed E-state index contributed by atoms with van der Waals surface area (Å²) in [5.41, 5.74) is 0. The quantitative estimate of drug-likeness (QED) is 0.0537. The third-order valence-corrected chi connectivity index (χ3v) is 7.79. The number of ether oxygens (including phenoxy) is 1. The third-order valence-electron chi connectivity index (χ3n) is 7.79. The van der Waals surface area contributed by atoms with Crippen molar-refractivity contribution in [3.05, 3.63) is 0 Å². The van der Waals surface area contributed by atoms with Gasteiger partial charge in [0.25, 0.3) is 0 Å². The lowest BCUT2D eigenvalue weighted by molar-refractivity contribution is -0.164. The second kappa shape index (κ2) is 35.7. The van der Waals surface area contributed by atoms with E-state index in [1.165, 1.54) is 116 Å². The molecule has 0 aromatic heterocycles. The van der Waals surface area contributed by atoms with Gasteiger partial charge in [-0.05, 0) is 55.8 Å². The Morgan fingerprint density at radius 2 is 0.822 bits per heavy atom. The number of carboxylic acids is 1. The Balaban J connectivity index is 3.82. The van der Waals surface area contributed by atoms with Gasteiger partial charge in [0, 0.05) is 32.1 Å². The van der Waals surface area contributed by atoms with E-state index in [0.717, 1.165) is 25.7 Å². The zero-order chi connectivity index (χ0) is 32.9. The van der Waals surface area contributed by atoms with Crippen LogP contribution in [0.25, 0.3) is 0 Å². The minimum Gasteiger partial charge on any atom is -0.479 e. The number of aliphatic carboxylic acids is 1. The van der Waals surface area contributed by atoms with E-state index in [1.54, 1.807) is 0 Å². The number of esters is 1. The van der Waals surface area contributed by atoms with Gasteiger partial charge in [0.1, 0.15) is 0 Å². The van der Waals surface area contributed by atoms with Crippen LogP contribution >= 0.6 is 0 Å². The molecule has 0 radical (unpaired) electrons. The first-order chi connectivity index (χ1) is 22.1. The average molecular weight is 621 g/mol. The molecule has 0 heterocycles. The first kappa shape index (κ1) is 42.2. The molecule has 4 heteroatoms. The molecule has 0 aliphatic heterocycles. The highest BCUT2D eigenvalue weighted by molar-refractivity contribution is 5.77. The minimum absolute atomic E-state index is 0.152. The van der Waals surface area contributed by atoms with Crippen molar-refractivity contribution in [1.82, 2.24) is 0 Å². The van der Waals surface area contributed by atoms with Crippen LogP contribution in [0.2, 0.25) is 0 Å². The van der Waals surface area contributed by atoms with Crippen LogP contribution in [0.1, 0.15) is 194 Å². The van der Waals surface area contributed by atoms with Crippen LogP contribution in [0.15, 0.2) is 0 Å². The summed E-state index contributed by atoms with van der Waals surface area (Å²) >= 11 is 0. The molecule has 0 spiro atoms. The summed E-state index contributed by atoms with van der Waals surface area (Å²) in [4.78, 5) is 23.6. The summed E-state index contributed by atoms with van der Waals surface area (Å²) in [5.74, 6) is 22.0. The van der Waals surface area contributed by atoms with E-state index in [1.807, 2.05) is 0 Å². The summed E-state index contributed by atoms with van der Waals surface area (Å²) in [6.45, 7) is 4.51. The predicted molar refractivity (Wildman–Crippen MR) is 189 cm³/mol. The van der Waals surface area contributed by atoms with Crippen molar-refractivity contribution in [2.75, 3.05) is 0 Å². The average Bonchev–Trinajstić information content (AvgIpc) is 3.03. The number of hydrogen-bond donors (Lipinski definition) is 1. The molecule has 0 aromatic rings. The van der Waals surface area contributed by atoms with Crippen molar-refractivity contribution in [2.24, 2.45) is 0 Å². The van der Waals surface area contributed by atoms with Crippen LogP contribution < -0.4 is 0 Å². The molecule has 0 aromatic carbocycles. The molecule has 4 nitrogen and oxygen atoms in total. The van der Waals surface area contributed by atoms with Gasteiger partial charge in [0.2, 0.25) is 0 Å². The zero-order valence-electron chi connectivity index (χ0n) is 29.0. The second-order valence-corrected chi connectivity index (χ2v) is 12.1. The van der Waals surface area contributed by atoms with Crippen molar-refractivity contribution >= 4 is 11.9 Å². The Bertz CT molecular complexity index is 966. The molecule has 1 unspecified atom stereocenters. The van der Waals surface area contributed by atoms with Crippen molar-refractivity contribution in [3.8, 4) is 47.4 Å². The van der Waals surface area contributed by atoms with E-state index in [-0.39, 0.29) is 12.8 Å². The van der Waals surface area contributed by atoms with Gasteiger partial charge in [-0.1, -0.05) is 153 Å². The van der Waals surface area contributed by atoms with Gasteiger partial charge in [0.15, 0.2) is 6.10 Å². The summed E-state index contributed by atoms with van der Waals surface area (Å²) in [6, 6.07) is 0. The predicted octanol–water partition coefficient (Wildman–Crippen LogP) is 11.0. The molecule has 1 N–H and O–H groups in total. The topological polar surface area (TPSA) is 63.6 Å². The van der Waals surface area contributed by atoms with Gasteiger partial charge in [-0.25, -0.2) is 4.79 Å². The van der Waals surface area contributed by atoms with Crippen molar-refractivity contribution < 1.29 is 19.4 Å². The molecule has 0 aliphatic rings. The molecule has 0 saturated carbocycles. The fraction of sp³-hybridized carbons (Fsp3) is 0.756. The van der Waals surface area contributed by atoms with Gasteiger partial charge in [-0.3, -0.25) is 4.79 Å². The molecule has 0 saturated heterocycles. The Kier molecular flexibility index (Phi) is 33.4. The number of carboxylic acid groups (broad SMARTS) is 1. The summed E-state index contributed by atoms with van der Waals surface area (Å²) in [7, 11) is 0. The molecule has 1 atom stereocenters. The van der Waals surface area contributed by atoms with E-state index in [2.05, 4.69) is 61.2 Å². The zero-order valence-corrected chi connectivity index (χ0v) is 29.0. The monoisotopic (exact) mass is 620 g/mol. The maximum atomic E-state index is 12.1. The van der Waals surface area contributed by atoms with Gasteiger partial charge in [-0.15, -0.1) is 0 Å². The van der Waals surface area contributed by atoms with E-state index in [0.29, 0.717) is 25.7 Å². The first-order valence-electron chi connectivity index (χ1n) is 18.5. The molecular formula is C41H64O4. The number of carbonyl (C=O) groups is 2. The van der Waals surface area contributed by atoms with Crippen LogP contribution in [-0.2, 0) is 14.3 Å². The molecule has 0 rings (SSSR count). The maximum Gasteiger partial charge on any atom is 0.345 e. The Hall–Kier alpha value is -2.82. The van der Waals surface area contributed by atoms with Crippen LogP contribution in [0.3, 0.4) is 0 Å². The number of unbranched alkanes of at least 4 members (excludes halogenated alkanes) is 22. The van der Waals surface area contributed by atoms with Crippen LogP contribution in [-0.4, -0.2) is 23.1 Å². The van der Waals surface area contributed by atoms with Gasteiger partial charge in [-0.2, -0.15) is 0 Å². The van der Waals surface area contributed by atoms with Crippen molar-refractivity contribution in [1.29, 1.82) is 0 Å². The smallest absolute Gasteiger partial charge is 0.345 e. The van der Waals surface area contributed by atoms with E-state index in [9.17, 15) is 14.7 Å². The second-order valence-electron chi connectivity index (χ2n) is 12.1. The number of hydrogen-bond acceptors (Lipinski definition) is 3. The Labute approximate surface area is 278 Å². The van der Waals surface area contributed by atoms with Gasteiger partial charge < -0.3 is 9.84 Å². The highest BCUT2D eigenvalue weighted by atomic mass is 16.6. The molecular weight excluding hydrogens is 556 g/mol. The normalized spacial score (nSPS) is 10.6. The number of carbonyl (C=O) groups excluding carboxylic acids is 1. The summed E-state index contributed by atoms with van der Waals surface area (Å²) in [6.07, 6.45) is 29.5. The lowest BCUT2D eigenvalue weighted by atomic mass is 10.1. The van der Waals surface area contributed by atoms with Crippen molar-refractivity contribution in [2.45, 2.75) is 200 Å². The Morgan fingerprint density at radius 1 is 0.489 bits per heavy atom. The largest absolute Gasteiger partial charge is 0.479 e. The highest BCUT2D eigenvalue weighted by Gasteiger charge is 2.21. The number of rotatable bonds is 28. The molecule has 0 amide bonds. The molecule has 0 fully saturated rings. The van der Waals surface area contributed by atoms with Crippen LogP contribution in [0.4, 0.5) is 0 Å². The lowest BCUT2D eigenvalue weighted by Gasteiger charge is -2.12. The third kappa shape index (κ3) is 33.9. The van der Waals surface area contributed by atoms with Gasteiger partial charge in [0.05, 0.1) is 0 Å². The molecule has 0 aliphatic carbocycles. The maximum absolute atomic E-state index is 12.1. The van der Waals surface area contributed by atoms with E-state index in [4.69, 9.17) is 4.74 Å². The molecule has 45 heavy (non-hydrogen) atoms. The standard InChI is InChI=1S/C41H64O4/c1-3-5-7-9-11-13-15-17-19-21-23-25-27-29-31-33-35-37-39(41(43)44)45-40(42)38-36-34-32-30-28-26-24-22-20-18-16-14-12-10-8-6-4-2/h39H,3-24,33-38H2,1-2H3,(H,43,44). The van der Waals surface area contributed by atoms with Crippen molar-refractivity contribution in [3.63, 3.8) is 0 Å².